The molecular formula is C20H28N2O3S. The maximum absolute atomic E-state index is 11.3. The fourth-order valence-corrected chi connectivity index (χ4v) is 3.59. The predicted octanol–water partition coefficient (Wildman–Crippen LogP) is 5.14. The number of unbranched alkanes of at least 4 members (excludes halogenated alkanes) is 9. The van der Waals surface area contributed by atoms with E-state index in [0.717, 1.165) is 31.4 Å². The Morgan fingerprint density at radius 1 is 0.846 bits per heavy atom. The molecule has 0 fully saturated rings. The summed E-state index contributed by atoms with van der Waals surface area (Å²) >= 11 is 0. The first-order chi connectivity index (χ1) is 12.4. The van der Waals surface area contributed by atoms with Gasteiger partial charge < -0.3 is 0 Å². The van der Waals surface area contributed by atoms with E-state index in [1.54, 1.807) is 0 Å². The van der Waals surface area contributed by atoms with Gasteiger partial charge in [-0.05, 0) is 30.5 Å². The van der Waals surface area contributed by atoms with E-state index in [1.807, 2.05) is 12.1 Å². The van der Waals surface area contributed by atoms with Crippen molar-refractivity contribution in [2.45, 2.75) is 82.4 Å². The van der Waals surface area contributed by atoms with Crippen LogP contribution >= 0.6 is 0 Å². The van der Waals surface area contributed by atoms with Crippen molar-refractivity contribution in [3.05, 3.63) is 28.8 Å². The van der Waals surface area contributed by atoms with E-state index < -0.39 is 15.0 Å². The Balaban J connectivity index is 2.50. The van der Waals surface area contributed by atoms with Crippen molar-refractivity contribution in [2.24, 2.45) is 0 Å². The van der Waals surface area contributed by atoms with Crippen molar-refractivity contribution in [1.29, 1.82) is 10.5 Å². The van der Waals surface area contributed by atoms with Crippen LogP contribution in [0.2, 0.25) is 0 Å². The van der Waals surface area contributed by atoms with Gasteiger partial charge in [0.25, 0.3) is 10.1 Å². The normalized spacial score (nSPS) is 11.1. The smallest absolute Gasteiger partial charge is 0.282 e. The zero-order chi connectivity index (χ0) is 19.4. The van der Waals surface area contributed by atoms with Crippen LogP contribution in [0.15, 0.2) is 17.0 Å². The van der Waals surface area contributed by atoms with Crippen LogP contribution in [0.1, 0.15) is 87.8 Å². The zero-order valence-electron chi connectivity index (χ0n) is 15.5. The monoisotopic (exact) mass is 376 g/mol. The summed E-state index contributed by atoms with van der Waals surface area (Å²) in [5.41, 5.74) is 0.863. The number of hydrogen-bond donors (Lipinski definition) is 1. The van der Waals surface area contributed by atoms with Gasteiger partial charge in [-0.25, -0.2) is 0 Å². The Bertz CT molecular complexity index is 723. The lowest BCUT2D eigenvalue weighted by Gasteiger charge is -2.09. The highest BCUT2D eigenvalue weighted by atomic mass is 32.2. The van der Waals surface area contributed by atoms with Gasteiger partial charge in [0.2, 0.25) is 0 Å². The highest BCUT2D eigenvalue weighted by Gasteiger charge is 2.17. The summed E-state index contributed by atoms with van der Waals surface area (Å²) in [7, 11) is -4.43. The van der Waals surface area contributed by atoms with Gasteiger partial charge in [-0.1, -0.05) is 64.7 Å². The van der Waals surface area contributed by atoms with E-state index in [9.17, 15) is 18.9 Å². The van der Waals surface area contributed by atoms with Crippen molar-refractivity contribution in [1.82, 2.24) is 0 Å². The van der Waals surface area contributed by atoms with Gasteiger partial charge in [0.05, 0.1) is 28.2 Å². The van der Waals surface area contributed by atoms with Crippen LogP contribution in [-0.4, -0.2) is 13.0 Å². The maximum atomic E-state index is 11.3. The Hall–Kier alpha value is -1.89. The average molecular weight is 377 g/mol. The van der Waals surface area contributed by atoms with Gasteiger partial charge >= 0.3 is 0 Å². The summed E-state index contributed by atoms with van der Waals surface area (Å²) in [6.07, 6.45) is 12.5. The fraction of sp³-hybridized carbons (Fsp3) is 0.600. The summed E-state index contributed by atoms with van der Waals surface area (Å²) in [4.78, 5) is -0.405. The van der Waals surface area contributed by atoms with E-state index in [-0.39, 0.29) is 11.1 Å². The molecule has 0 bridgehead atoms. The molecule has 0 aliphatic heterocycles. The standard InChI is InChI=1S/C20H28N2O3S/c1-2-3-4-5-6-7-8-9-10-11-12-20-17(15-21)13-19(26(23,24)25)14-18(20)16-22/h13-14H,2-12H2,1H3,(H,23,24,25). The molecule has 1 rings (SSSR count). The van der Waals surface area contributed by atoms with Crippen LogP contribution in [0.4, 0.5) is 0 Å². The van der Waals surface area contributed by atoms with Gasteiger partial charge in [-0.3, -0.25) is 4.55 Å². The van der Waals surface area contributed by atoms with Crippen LogP contribution < -0.4 is 0 Å². The minimum Gasteiger partial charge on any atom is -0.282 e. The van der Waals surface area contributed by atoms with Crippen LogP contribution in [0.25, 0.3) is 0 Å². The Kier molecular flexibility index (Phi) is 9.95. The second-order valence-electron chi connectivity index (χ2n) is 6.63. The third kappa shape index (κ3) is 7.56. The van der Waals surface area contributed by atoms with Gasteiger partial charge in [0.1, 0.15) is 0 Å². The first-order valence-electron chi connectivity index (χ1n) is 9.38. The lowest BCUT2D eigenvalue weighted by Crippen LogP contribution is -2.03. The Morgan fingerprint density at radius 2 is 1.27 bits per heavy atom. The van der Waals surface area contributed by atoms with Crippen molar-refractivity contribution in [3.8, 4) is 12.1 Å². The summed E-state index contributed by atoms with van der Waals surface area (Å²) in [5, 5.41) is 18.5. The first-order valence-corrected chi connectivity index (χ1v) is 10.8. The van der Waals surface area contributed by atoms with E-state index in [0.29, 0.717) is 12.0 Å². The highest BCUT2D eigenvalue weighted by molar-refractivity contribution is 7.85. The molecule has 0 saturated heterocycles. The first kappa shape index (κ1) is 22.2. The third-order valence-electron chi connectivity index (χ3n) is 4.54. The van der Waals surface area contributed by atoms with Crippen LogP contribution in [0, 0.1) is 22.7 Å². The molecule has 0 aromatic heterocycles. The third-order valence-corrected chi connectivity index (χ3v) is 5.37. The van der Waals surface area contributed by atoms with Gasteiger partial charge in [0, 0.05) is 0 Å². The van der Waals surface area contributed by atoms with Crippen LogP contribution in [-0.2, 0) is 16.5 Å². The van der Waals surface area contributed by atoms with Gasteiger partial charge in [0.15, 0.2) is 0 Å². The second-order valence-corrected chi connectivity index (χ2v) is 8.05. The maximum Gasteiger partial charge on any atom is 0.294 e. The molecule has 0 saturated carbocycles. The minimum absolute atomic E-state index is 0.146. The number of benzene rings is 1. The average Bonchev–Trinajstić information content (AvgIpc) is 2.61. The molecule has 0 aliphatic rings. The molecule has 1 aromatic carbocycles. The minimum atomic E-state index is -4.43. The molecule has 26 heavy (non-hydrogen) atoms. The number of hydrogen-bond acceptors (Lipinski definition) is 4. The van der Waals surface area contributed by atoms with E-state index in [2.05, 4.69) is 6.92 Å². The topological polar surface area (TPSA) is 102 Å². The van der Waals surface area contributed by atoms with Crippen molar-refractivity contribution >= 4 is 10.1 Å². The molecule has 0 spiro atoms. The zero-order valence-corrected chi connectivity index (χ0v) is 16.3. The Labute approximate surface area is 157 Å². The second kappa shape index (κ2) is 11.7. The molecule has 0 radical (unpaired) electrons. The van der Waals surface area contributed by atoms with Crippen molar-refractivity contribution < 1.29 is 13.0 Å². The summed E-state index contributed by atoms with van der Waals surface area (Å²) < 4.78 is 31.7. The molecule has 5 nitrogen and oxygen atoms in total. The molecule has 0 aliphatic carbocycles. The van der Waals surface area contributed by atoms with E-state index in [4.69, 9.17) is 4.55 Å². The number of rotatable bonds is 12. The largest absolute Gasteiger partial charge is 0.294 e. The highest BCUT2D eigenvalue weighted by Crippen LogP contribution is 2.22. The molecule has 1 N–H and O–H groups in total. The summed E-state index contributed by atoms with van der Waals surface area (Å²) in [6, 6.07) is 6.16. The summed E-state index contributed by atoms with van der Waals surface area (Å²) in [6.45, 7) is 2.21. The van der Waals surface area contributed by atoms with Crippen LogP contribution in [0.3, 0.4) is 0 Å². The molecule has 0 amide bonds. The summed E-state index contributed by atoms with van der Waals surface area (Å²) in [5.74, 6) is 0. The van der Waals surface area contributed by atoms with Crippen LogP contribution in [0.5, 0.6) is 0 Å². The number of nitrogens with zero attached hydrogens (tertiary/aromatic N) is 2. The SMILES string of the molecule is CCCCCCCCCCCCc1c(C#N)cc(S(=O)(=O)O)cc1C#N. The molecule has 0 heterocycles. The van der Waals surface area contributed by atoms with Gasteiger partial charge in [-0.2, -0.15) is 18.9 Å². The van der Waals surface area contributed by atoms with Crippen molar-refractivity contribution in [2.75, 3.05) is 0 Å². The fourth-order valence-electron chi connectivity index (χ4n) is 3.05. The molecular weight excluding hydrogens is 348 g/mol. The lowest BCUT2D eigenvalue weighted by atomic mass is 9.96. The number of nitriles is 2. The lowest BCUT2D eigenvalue weighted by molar-refractivity contribution is 0.483. The molecule has 142 valence electrons. The molecule has 1 aromatic rings. The van der Waals surface area contributed by atoms with Gasteiger partial charge in [-0.15, -0.1) is 0 Å². The quantitative estimate of drug-likeness (QED) is 0.402. The van der Waals surface area contributed by atoms with E-state index >= 15 is 0 Å². The molecule has 0 atom stereocenters. The van der Waals surface area contributed by atoms with Crippen molar-refractivity contribution in [3.63, 3.8) is 0 Å². The Morgan fingerprint density at radius 3 is 1.65 bits per heavy atom. The predicted molar refractivity (Wildman–Crippen MR) is 101 cm³/mol. The molecule has 6 heteroatoms. The molecule has 0 unspecified atom stereocenters. The van der Waals surface area contributed by atoms with E-state index in [1.165, 1.54) is 44.9 Å².